The zero-order valence-electron chi connectivity index (χ0n) is 4.73. The van der Waals surface area contributed by atoms with E-state index in [1.54, 1.807) is 6.92 Å². The number of rotatable bonds is 0. The van der Waals surface area contributed by atoms with Gasteiger partial charge in [-0.15, -0.1) is 0 Å². The van der Waals surface area contributed by atoms with Gasteiger partial charge in [-0.25, -0.2) is 4.21 Å². The second-order valence-corrected chi connectivity index (χ2v) is 5.18. The van der Waals surface area contributed by atoms with Crippen molar-refractivity contribution in [2.24, 2.45) is 0 Å². The summed E-state index contributed by atoms with van der Waals surface area (Å²) in [6.45, 7) is 1.57. The lowest BCUT2D eigenvalue weighted by Gasteiger charge is -1.86. The second-order valence-electron chi connectivity index (χ2n) is 1.86. The average Bonchev–Trinajstić information content (AvgIpc) is 1.79. The Kier molecular flexibility index (Phi) is 1.62. The van der Waals surface area contributed by atoms with Crippen LogP contribution in [0.3, 0.4) is 0 Å². The topological polar surface area (TPSA) is 60.4 Å². The minimum absolute atomic E-state index is 0.125. The molecule has 1 fully saturated rings. The molecule has 0 amide bonds. The van der Waals surface area contributed by atoms with Crippen molar-refractivity contribution < 1.29 is 16.3 Å². The molecule has 1 rings (SSSR count). The van der Waals surface area contributed by atoms with E-state index in [1.807, 2.05) is 0 Å². The third kappa shape index (κ3) is 1.50. The lowest BCUT2D eigenvalue weighted by molar-refractivity contribution is 0.512. The zero-order chi connectivity index (χ0) is 7.07. The van der Waals surface area contributed by atoms with E-state index in [-0.39, 0.29) is 11.0 Å². The molecule has 0 N–H and O–H groups in total. The van der Waals surface area contributed by atoms with E-state index in [1.165, 1.54) is 0 Å². The smallest absolute Gasteiger partial charge is 0.228 e. The van der Waals surface area contributed by atoms with Crippen molar-refractivity contribution in [2.75, 3.05) is 5.75 Å². The molecule has 1 aliphatic heterocycles. The quantitative estimate of drug-likeness (QED) is 0.487. The van der Waals surface area contributed by atoms with Crippen molar-refractivity contribution in [3.8, 4) is 0 Å². The zero-order valence-corrected chi connectivity index (χ0v) is 6.37. The van der Waals surface area contributed by atoms with Crippen LogP contribution in [-0.4, -0.2) is 23.6 Å². The Morgan fingerprint density at radius 3 is 2.33 bits per heavy atom. The average molecular weight is 170 g/mol. The summed E-state index contributed by atoms with van der Waals surface area (Å²) < 4.78 is 35.5. The van der Waals surface area contributed by atoms with Gasteiger partial charge in [-0.1, -0.05) is 0 Å². The summed E-state index contributed by atoms with van der Waals surface area (Å²) >= 11 is -1.63. The molecule has 0 aromatic heterocycles. The van der Waals surface area contributed by atoms with E-state index in [9.17, 15) is 12.6 Å². The maximum absolute atomic E-state index is 10.5. The highest BCUT2D eigenvalue weighted by molar-refractivity contribution is 8.00. The van der Waals surface area contributed by atoms with Crippen molar-refractivity contribution in [2.45, 2.75) is 12.2 Å². The molecule has 0 aromatic rings. The van der Waals surface area contributed by atoms with Crippen molar-refractivity contribution in [3.63, 3.8) is 0 Å². The molecule has 54 valence electrons. The van der Waals surface area contributed by atoms with E-state index in [2.05, 4.69) is 3.63 Å². The predicted octanol–water partition coefficient (Wildman–Crippen LogP) is -0.601. The molecule has 0 aliphatic carbocycles. The van der Waals surface area contributed by atoms with Crippen molar-refractivity contribution >= 4 is 21.2 Å². The van der Waals surface area contributed by atoms with Gasteiger partial charge in [0.15, 0.2) is 11.1 Å². The Labute approximate surface area is 56.0 Å². The van der Waals surface area contributed by atoms with Crippen LogP contribution in [-0.2, 0) is 24.8 Å². The second kappa shape index (κ2) is 2.03. The Morgan fingerprint density at radius 2 is 2.22 bits per heavy atom. The van der Waals surface area contributed by atoms with Gasteiger partial charge in [-0.2, -0.15) is 12.0 Å². The van der Waals surface area contributed by atoms with Crippen LogP contribution >= 0.6 is 0 Å². The Balaban J connectivity index is 2.90. The lowest BCUT2D eigenvalue weighted by atomic mass is 10.6. The van der Waals surface area contributed by atoms with Crippen LogP contribution in [0.4, 0.5) is 0 Å². The summed E-state index contributed by atoms with van der Waals surface area (Å²) in [6, 6.07) is 0. The van der Waals surface area contributed by atoms with Gasteiger partial charge in [-0.3, -0.25) is 0 Å². The summed E-state index contributed by atoms with van der Waals surface area (Å²) in [5.41, 5.74) is 0. The van der Waals surface area contributed by atoms with E-state index in [0.717, 1.165) is 0 Å². The minimum atomic E-state index is -3.44. The van der Waals surface area contributed by atoms with Crippen molar-refractivity contribution in [1.29, 1.82) is 0 Å². The lowest BCUT2D eigenvalue weighted by Crippen LogP contribution is -2.06. The third-order valence-electron chi connectivity index (χ3n) is 0.938. The molecule has 0 aromatic carbocycles. The molecule has 0 radical (unpaired) electrons. The first-order valence-electron chi connectivity index (χ1n) is 2.34. The molecule has 1 saturated heterocycles. The van der Waals surface area contributed by atoms with Gasteiger partial charge in [0.2, 0.25) is 0 Å². The molecular formula is C3H6O4S2. The van der Waals surface area contributed by atoms with Gasteiger partial charge in [0.25, 0.3) is 10.1 Å². The van der Waals surface area contributed by atoms with Crippen LogP contribution in [0, 0.1) is 0 Å². The summed E-state index contributed by atoms with van der Waals surface area (Å²) in [6.07, 6.45) is 0. The van der Waals surface area contributed by atoms with Crippen molar-refractivity contribution in [3.05, 3.63) is 0 Å². The summed E-state index contributed by atoms with van der Waals surface area (Å²) in [4.78, 5) is 0. The minimum Gasteiger partial charge on any atom is -0.228 e. The van der Waals surface area contributed by atoms with Crippen LogP contribution in [0.1, 0.15) is 6.92 Å². The fourth-order valence-electron chi connectivity index (χ4n) is 0.540. The van der Waals surface area contributed by atoms with Crippen LogP contribution in [0.2, 0.25) is 0 Å². The van der Waals surface area contributed by atoms with Gasteiger partial charge < -0.3 is 0 Å². The van der Waals surface area contributed by atoms with Crippen molar-refractivity contribution in [1.82, 2.24) is 0 Å². The Morgan fingerprint density at radius 1 is 1.67 bits per heavy atom. The summed E-state index contributed by atoms with van der Waals surface area (Å²) in [5, 5.41) is -0.380. The highest BCUT2D eigenvalue weighted by Gasteiger charge is 2.33. The van der Waals surface area contributed by atoms with Gasteiger partial charge in [0.05, 0.1) is 11.0 Å². The Hall–Kier alpha value is 0.0600. The standard InChI is InChI=1S/C3H6O4S2/c1-3-2-9(5,6)7-8(3)4/h3H,2H2,1H3. The van der Waals surface area contributed by atoms with Crippen LogP contribution in [0.25, 0.3) is 0 Å². The van der Waals surface area contributed by atoms with Gasteiger partial charge in [-0.05, 0) is 6.92 Å². The molecule has 9 heavy (non-hydrogen) atoms. The molecule has 2 atom stereocenters. The largest absolute Gasteiger partial charge is 0.281 e. The highest BCUT2D eigenvalue weighted by atomic mass is 32.3. The highest BCUT2D eigenvalue weighted by Crippen LogP contribution is 2.14. The molecule has 4 nitrogen and oxygen atoms in total. The van der Waals surface area contributed by atoms with Gasteiger partial charge in [0, 0.05) is 0 Å². The molecular weight excluding hydrogens is 164 g/mol. The summed E-state index contributed by atoms with van der Waals surface area (Å²) in [7, 11) is -3.44. The predicted molar refractivity (Wildman–Crippen MR) is 32.5 cm³/mol. The molecule has 0 spiro atoms. The fraction of sp³-hybridized carbons (Fsp3) is 1.00. The Bertz CT molecular complexity index is 228. The summed E-state index contributed by atoms with van der Waals surface area (Å²) in [5.74, 6) is -0.125. The fourth-order valence-corrected chi connectivity index (χ4v) is 3.64. The normalized spacial score (nSPS) is 41.0. The van der Waals surface area contributed by atoms with E-state index < -0.39 is 21.2 Å². The maximum Gasteiger partial charge on any atom is 0.281 e. The van der Waals surface area contributed by atoms with E-state index in [4.69, 9.17) is 0 Å². The first-order valence-corrected chi connectivity index (χ1v) is 5.06. The number of hydrogen-bond acceptors (Lipinski definition) is 4. The first-order chi connectivity index (χ1) is 4.01. The van der Waals surface area contributed by atoms with E-state index in [0.29, 0.717) is 0 Å². The molecule has 6 heteroatoms. The van der Waals surface area contributed by atoms with Gasteiger partial charge >= 0.3 is 0 Å². The maximum atomic E-state index is 10.5. The third-order valence-corrected chi connectivity index (χ3v) is 4.25. The van der Waals surface area contributed by atoms with Crippen LogP contribution < -0.4 is 0 Å². The van der Waals surface area contributed by atoms with Crippen LogP contribution in [0.5, 0.6) is 0 Å². The molecule has 1 heterocycles. The van der Waals surface area contributed by atoms with Crippen LogP contribution in [0.15, 0.2) is 0 Å². The first kappa shape index (κ1) is 7.17. The monoisotopic (exact) mass is 170 g/mol. The van der Waals surface area contributed by atoms with Gasteiger partial charge in [0.1, 0.15) is 0 Å². The van der Waals surface area contributed by atoms with E-state index >= 15 is 0 Å². The molecule has 0 bridgehead atoms. The number of hydrogen-bond donors (Lipinski definition) is 0. The molecule has 1 aliphatic rings. The SMILES string of the molecule is CC1CS(=O)(=O)OS1=O. The molecule has 2 unspecified atom stereocenters. The molecule has 0 saturated carbocycles.